The Balaban J connectivity index is 2.86. The van der Waals surface area contributed by atoms with Gasteiger partial charge in [-0.25, -0.2) is 4.79 Å². The molecular weight excluding hydrogens is 278 g/mol. The van der Waals surface area contributed by atoms with E-state index in [9.17, 15) is 9.59 Å². The fourth-order valence-corrected chi connectivity index (χ4v) is 1.99. The van der Waals surface area contributed by atoms with Gasteiger partial charge in [0.1, 0.15) is 0 Å². The molecule has 0 aliphatic carbocycles. The van der Waals surface area contributed by atoms with Gasteiger partial charge in [0.2, 0.25) is 5.91 Å². The molecule has 0 heterocycles. The van der Waals surface area contributed by atoms with E-state index < -0.39 is 0 Å². The largest absolute Gasteiger partial charge is 0.342 e. The zero-order chi connectivity index (χ0) is 16.7. The molecule has 0 aliphatic heterocycles. The third-order valence-corrected chi connectivity index (χ3v) is 3.33. The van der Waals surface area contributed by atoms with Gasteiger partial charge in [-0.2, -0.15) is 0 Å². The van der Waals surface area contributed by atoms with Crippen LogP contribution in [0.25, 0.3) is 0 Å². The van der Waals surface area contributed by atoms with Crippen molar-refractivity contribution in [3.8, 4) is 0 Å². The van der Waals surface area contributed by atoms with Crippen LogP contribution in [-0.2, 0) is 11.3 Å². The van der Waals surface area contributed by atoms with Gasteiger partial charge >= 0.3 is 6.03 Å². The number of carbonyl (C=O) groups is 2. The molecule has 0 aromatic heterocycles. The quantitative estimate of drug-likeness (QED) is 0.821. The van der Waals surface area contributed by atoms with E-state index in [1.807, 2.05) is 38.1 Å². The number of hydrogen-bond acceptors (Lipinski definition) is 2. The van der Waals surface area contributed by atoms with Crippen molar-refractivity contribution in [2.24, 2.45) is 0 Å². The number of nitrogens with one attached hydrogen (secondary N) is 1. The lowest BCUT2D eigenvalue weighted by Gasteiger charge is -2.23. The first kappa shape index (κ1) is 17.8. The first-order valence-corrected chi connectivity index (χ1v) is 7.35. The standard InChI is InChI=1S/C17H25N3O2/c1-6-20(11-13(2)3)17(22)18-16-10-8-7-9-15(16)12-19(5)14(4)21/h7-10H,2,6,11-12H2,1,3-5H3,(H,18,22). The second-order valence-corrected chi connectivity index (χ2v) is 5.43. The van der Waals surface area contributed by atoms with Crippen LogP contribution in [0, 0.1) is 0 Å². The Labute approximate surface area is 132 Å². The third kappa shape index (κ3) is 5.24. The van der Waals surface area contributed by atoms with E-state index in [0.717, 1.165) is 16.8 Å². The van der Waals surface area contributed by atoms with Gasteiger partial charge < -0.3 is 15.1 Å². The minimum absolute atomic E-state index is 0.0152. The van der Waals surface area contributed by atoms with Crippen LogP contribution in [0.2, 0.25) is 0 Å². The van der Waals surface area contributed by atoms with Gasteiger partial charge in [0, 0.05) is 39.3 Å². The van der Waals surface area contributed by atoms with Crippen molar-refractivity contribution in [2.75, 3.05) is 25.5 Å². The Bertz CT molecular complexity index is 555. The molecular formula is C17H25N3O2. The van der Waals surface area contributed by atoms with Crippen LogP contribution in [0.4, 0.5) is 10.5 Å². The maximum atomic E-state index is 12.3. The smallest absolute Gasteiger partial charge is 0.322 e. The zero-order valence-corrected chi connectivity index (χ0v) is 13.8. The summed E-state index contributed by atoms with van der Waals surface area (Å²) in [7, 11) is 1.74. The van der Waals surface area contributed by atoms with Crippen molar-refractivity contribution in [3.05, 3.63) is 42.0 Å². The monoisotopic (exact) mass is 303 g/mol. The molecule has 0 fully saturated rings. The Kier molecular flexibility index (Phi) is 6.63. The van der Waals surface area contributed by atoms with Crippen LogP contribution in [0.5, 0.6) is 0 Å². The minimum Gasteiger partial charge on any atom is -0.342 e. The number of urea groups is 1. The molecule has 3 amide bonds. The van der Waals surface area contributed by atoms with Crippen molar-refractivity contribution < 1.29 is 9.59 Å². The van der Waals surface area contributed by atoms with E-state index in [0.29, 0.717) is 19.6 Å². The van der Waals surface area contributed by atoms with Crippen LogP contribution in [-0.4, -0.2) is 41.9 Å². The molecule has 5 heteroatoms. The summed E-state index contributed by atoms with van der Waals surface area (Å²) in [6, 6.07) is 7.34. The van der Waals surface area contributed by atoms with Crippen LogP contribution in [0.1, 0.15) is 26.3 Å². The van der Waals surface area contributed by atoms with Crippen LogP contribution in [0.15, 0.2) is 36.4 Å². The molecule has 0 aliphatic rings. The summed E-state index contributed by atoms with van der Waals surface area (Å²) in [6.07, 6.45) is 0. The number of benzene rings is 1. The Morgan fingerprint density at radius 2 is 1.86 bits per heavy atom. The highest BCUT2D eigenvalue weighted by Crippen LogP contribution is 2.17. The van der Waals surface area contributed by atoms with Gasteiger partial charge in [-0.3, -0.25) is 4.79 Å². The van der Waals surface area contributed by atoms with Crippen LogP contribution >= 0.6 is 0 Å². The number of hydrogen-bond donors (Lipinski definition) is 1. The molecule has 22 heavy (non-hydrogen) atoms. The maximum absolute atomic E-state index is 12.3. The average Bonchev–Trinajstić information content (AvgIpc) is 2.46. The number of para-hydroxylation sites is 1. The highest BCUT2D eigenvalue weighted by molar-refractivity contribution is 5.90. The summed E-state index contributed by atoms with van der Waals surface area (Å²) in [5.41, 5.74) is 2.56. The van der Waals surface area contributed by atoms with Gasteiger partial charge in [-0.15, -0.1) is 0 Å². The molecule has 120 valence electrons. The average molecular weight is 303 g/mol. The lowest BCUT2D eigenvalue weighted by molar-refractivity contribution is -0.128. The Hall–Kier alpha value is -2.30. The first-order valence-electron chi connectivity index (χ1n) is 7.35. The molecule has 5 nitrogen and oxygen atoms in total. The van der Waals surface area contributed by atoms with Gasteiger partial charge in [-0.1, -0.05) is 30.4 Å². The molecule has 0 bridgehead atoms. The second-order valence-electron chi connectivity index (χ2n) is 5.43. The van der Waals surface area contributed by atoms with E-state index in [4.69, 9.17) is 0 Å². The van der Waals surface area contributed by atoms with E-state index in [2.05, 4.69) is 11.9 Å². The predicted molar refractivity (Wildman–Crippen MR) is 89.7 cm³/mol. The van der Waals surface area contributed by atoms with Gasteiger partial charge in [-0.05, 0) is 25.5 Å². The highest BCUT2D eigenvalue weighted by atomic mass is 16.2. The van der Waals surface area contributed by atoms with Crippen molar-refractivity contribution in [1.29, 1.82) is 0 Å². The van der Waals surface area contributed by atoms with Crippen LogP contribution < -0.4 is 5.32 Å². The van der Waals surface area contributed by atoms with E-state index in [1.165, 1.54) is 6.92 Å². The fourth-order valence-electron chi connectivity index (χ4n) is 1.99. The summed E-state index contributed by atoms with van der Waals surface area (Å²) in [5, 5.41) is 2.92. The summed E-state index contributed by atoms with van der Waals surface area (Å²) in [4.78, 5) is 27.0. The van der Waals surface area contributed by atoms with E-state index in [-0.39, 0.29) is 11.9 Å². The Morgan fingerprint density at radius 3 is 2.41 bits per heavy atom. The molecule has 1 aromatic carbocycles. The maximum Gasteiger partial charge on any atom is 0.322 e. The number of anilines is 1. The zero-order valence-electron chi connectivity index (χ0n) is 13.8. The highest BCUT2D eigenvalue weighted by Gasteiger charge is 2.14. The van der Waals surface area contributed by atoms with Gasteiger partial charge in [0.15, 0.2) is 0 Å². The normalized spacial score (nSPS) is 10.0. The van der Waals surface area contributed by atoms with Crippen molar-refractivity contribution >= 4 is 17.6 Å². The molecule has 1 rings (SSSR count). The number of carbonyl (C=O) groups excluding carboxylic acids is 2. The summed E-state index contributed by atoms with van der Waals surface area (Å²) in [5.74, 6) is -0.0152. The molecule has 0 saturated carbocycles. The predicted octanol–water partition coefficient (Wildman–Crippen LogP) is 3.09. The second kappa shape index (κ2) is 8.22. The van der Waals surface area contributed by atoms with E-state index in [1.54, 1.807) is 16.8 Å². The number of nitrogens with zero attached hydrogens (tertiary/aromatic N) is 2. The minimum atomic E-state index is -0.163. The molecule has 0 unspecified atom stereocenters. The van der Waals surface area contributed by atoms with Crippen LogP contribution in [0.3, 0.4) is 0 Å². The number of amides is 3. The SMILES string of the molecule is C=C(C)CN(CC)C(=O)Nc1ccccc1CN(C)C(C)=O. The fraction of sp³-hybridized carbons (Fsp3) is 0.412. The van der Waals surface area contributed by atoms with E-state index >= 15 is 0 Å². The lowest BCUT2D eigenvalue weighted by atomic mass is 10.1. The van der Waals surface area contributed by atoms with Gasteiger partial charge in [0.05, 0.1) is 0 Å². The van der Waals surface area contributed by atoms with Crippen molar-refractivity contribution in [3.63, 3.8) is 0 Å². The summed E-state index contributed by atoms with van der Waals surface area (Å²) < 4.78 is 0. The number of likely N-dealkylation sites (N-methyl/N-ethyl adjacent to an activating group) is 1. The molecule has 1 N–H and O–H groups in total. The topological polar surface area (TPSA) is 52.7 Å². The molecule has 0 atom stereocenters. The third-order valence-electron chi connectivity index (χ3n) is 3.33. The van der Waals surface area contributed by atoms with Crippen molar-refractivity contribution in [2.45, 2.75) is 27.3 Å². The number of rotatable bonds is 6. The Morgan fingerprint density at radius 1 is 1.23 bits per heavy atom. The molecule has 0 radical (unpaired) electrons. The summed E-state index contributed by atoms with van der Waals surface area (Å²) >= 11 is 0. The van der Waals surface area contributed by atoms with Gasteiger partial charge in [0.25, 0.3) is 0 Å². The molecule has 0 spiro atoms. The lowest BCUT2D eigenvalue weighted by Crippen LogP contribution is -2.36. The van der Waals surface area contributed by atoms with Crippen molar-refractivity contribution in [1.82, 2.24) is 9.80 Å². The molecule has 1 aromatic rings. The molecule has 0 saturated heterocycles. The summed E-state index contributed by atoms with van der Waals surface area (Å²) in [6.45, 7) is 10.8. The first-order chi connectivity index (χ1) is 10.3.